The van der Waals surface area contributed by atoms with E-state index in [9.17, 15) is 9.18 Å². The van der Waals surface area contributed by atoms with Gasteiger partial charge in [0.25, 0.3) is 5.91 Å². The third-order valence-corrected chi connectivity index (χ3v) is 3.43. The molecule has 5 heteroatoms. The average molecular weight is 299 g/mol. The van der Waals surface area contributed by atoms with Gasteiger partial charge in [-0.05, 0) is 37.3 Å². The molecule has 4 nitrogen and oxygen atoms in total. The van der Waals surface area contributed by atoms with Crippen molar-refractivity contribution in [3.63, 3.8) is 0 Å². The van der Waals surface area contributed by atoms with Gasteiger partial charge in [0.05, 0.1) is 7.11 Å². The number of nitrogens with one attached hydrogen (secondary N) is 1. The zero-order chi connectivity index (χ0) is 15.7. The highest BCUT2D eigenvalue weighted by molar-refractivity contribution is 6.06. The van der Waals surface area contributed by atoms with E-state index in [1.807, 2.05) is 0 Å². The molecule has 1 aromatic heterocycles. The Hall–Kier alpha value is -2.82. The topological polar surface area (TPSA) is 51.5 Å². The van der Waals surface area contributed by atoms with Crippen molar-refractivity contribution in [3.8, 4) is 5.75 Å². The Morgan fingerprint density at radius 2 is 2.05 bits per heavy atom. The maximum absolute atomic E-state index is 13.3. The first-order valence-corrected chi connectivity index (χ1v) is 6.72. The van der Waals surface area contributed by atoms with Gasteiger partial charge in [-0.25, -0.2) is 4.39 Å². The number of amides is 1. The third kappa shape index (κ3) is 2.53. The summed E-state index contributed by atoms with van der Waals surface area (Å²) in [7, 11) is 1.55. The van der Waals surface area contributed by atoms with Crippen LogP contribution in [0.25, 0.3) is 11.0 Å². The highest BCUT2D eigenvalue weighted by atomic mass is 19.1. The van der Waals surface area contributed by atoms with Crippen molar-refractivity contribution in [2.45, 2.75) is 6.92 Å². The van der Waals surface area contributed by atoms with E-state index in [-0.39, 0.29) is 17.5 Å². The molecule has 3 aromatic rings. The number of hydrogen-bond donors (Lipinski definition) is 1. The largest absolute Gasteiger partial charge is 0.497 e. The number of hydrogen-bond acceptors (Lipinski definition) is 3. The van der Waals surface area contributed by atoms with Crippen molar-refractivity contribution < 1.29 is 18.3 Å². The summed E-state index contributed by atoms with van der Waals surface area (Å²) in [6.45, 7) is 1.73. The quantitative estimate of drug-likeness (QED) is 0.790. The van der Waals surface area contributed by atoms with E-state index in [4.69, 9.17) is 9.15 Å². The van der Waals surface area contributed by atoms with Crippen LogP contribution in [0.1, 0.15) is 16.1 Å². The van der Waals surface area contributed by atoms with Crippen LogP contribution < -0.4 is 10.1 Å². The van der Waals surface area contributed by atoms with Gasteiger partial charge in [-0.2, -0.15) is 0 Å². The average Bonchev–Trinajstić information content (AvgIpc) is 2.84. The Labute approximate surface area is 126 Å². The van der Waals surface area contributed by atoms with Crippen LogP contribution >= 0.6 is 0 Å². The van der Waals surface area contributed by atoms with E-state index < -0.39 is 0 Å². The number of aryl methyl sites for hydroxylation is 1. The zero-order valence-corrected chi connectivity index (χ0v) is 12.1. The number of anilines is 1. The molecule has 0 saturated heterocycles. The molecule has 2 aromatic carbocycles. The van der Waals surface area contributed by atoms with E-state index >= 15 is 0 Å². The van der Waals surface area contributed by atoms with E-state index in [0.29, 0.717) is 28.0 Å². The first-order valence-electron chi connectivity index (χ1n) is 6.72. The highest BCUT2D eigenvalue weighted by Crippen LogP contribution is 2.27. The number of benzene rings is 2. The predicted octanol–water partition coefficient (Wildman–Crippen LogP) is 4.14. The number of carbonyl (C=O) groups is 1. The molecule has 0 saturated carbocycles. The van der Waals surface area contributed by atoms with Crippen LogP contribution in [0, 0.1) is 12.7 Å². The van der Waals surface area contributed by atoms with Crippen molar-refractivity contribution in [2.24, 2.45) is 0 Å². The van der Waals surface area contributed by atoms with Gasteiger partial charge in [0.1, 0.15) is 17.1 Å². The second-order valence-electron chi connectivity index (χ2n) is 4.88. The zero-order valence-electron chi connectivity index (χ0n) is 12.1. The van der Waals surface area contributed by atoms with Crippen molar-refractivity contribution in [2.75, 3.05) is 12.4 Å². The minimum Gasteiger partial charge on any atom is -0.497 e. The van der Waals surface area contributed by atoms with Gasteiger partial charge < -0.3 is 14.5 Å². The monoisotopic (exact) mass is 299 g/mol. The summed E-state index contributed by atoms with van der Waals surface area (Å²) in [5.74, 6) is 0.0585. The number of methoxy groups -OCH3 is 1. The van der Waals surface area contributed by atoms with Gasteiger partial charge in [-0.15, -0.1) is 0 Å². The first kappa shape index (κ1) is 14.1. The third-order valence-electron chi connectivity index (χ3n) is 3.43. The molecule has 0 unspecified atom stereocenters. The molecule has 1 N–H and O–H groups in total. The number of fused-ring (bicyclic) bond motifs is 1. The number of furan rings is 1. The van der Waals surface area contributed by atoms with Gasteiger partial charge in [-0.1, -0.05) is 6.07 Å². The molecular weight excluding hydrogens is 285 g/mol. The number of halogens is 1. The van der Waals surface area contributed by atoms with E-state index in [1.54, 1.807) is 38.3 Å². The van der Waals surface area contributed by atoms with Gasteiger partial charge in [-0.3, -0.25) is 4.79 Å². The fraction of sp³-hybridized carbons (Fsp3) is 0.118. The molecule has 0 aliphatic carbocycles. The smallest absolute Gasteiger partial charge is 0.291 e. The number of rotatable bonds is 3. The summed E-state index contributed by atoms with van der Waals surface area (Å²) >= 11 is 0. The van der Waals surface area contributed by atoms with Crippen LogP contribution in [0.3, 0.4) is 0 Å². The Kier molecular flexibility index (Phi) is 3.55. The standard InChI is InChI=1S/C17H14FNO3/c1-10-14-8-11(18)6-7-15(14)22-16(10)17(20)19-12-4-3-5-13(9-12)21-2/h3-9H,1-2H3,(H,19,20). The summed E-state index contributed by atoms with van der Waals surface area (Å²) in [5, 5.41) is 3.34. The molecule has 0 bridgehead atoms. The Bertz CT molecular complexity index is 854. The van der Waals surface area contributed by atoms with Gasteiger partial charge >= 0.3 is 0 Å². The summed E-state index contributed by atoms with van der Waals surface area (Å²) in [6.07, 6.45) is 0. The van der Waals surface area contributed by atoms with Crippen molar-refractivity contribution >= 4 is 22.6 Å². The summed E-state index contributed by atoms with van der Waals surface area (Å²) in [4.78, 5) is 12.3. The Balaban J connectivity index is 1.93. The minimum atomic E-state index is -0.387. The fourth-order valence-corrected chi connectivity index (χ4v) is 2.30. The van der Waals surface area contributed by atoms with Crippen molar-refractivity contribution in [3.05, 3.63) is 59.6 Å². The van der Waals surface area contributed by atoms with Crippen LogP contribution in [0.5, 0.6) is 5.75 Å². The summed E-state index contributed by atoms with van der Waals surface area (Å²) in [6, 6.07) is 11.2. The molecule has 0 spiro atoms. The molecule has 1 heterocycles. The lowest BCUT2D eigenvalue weighted by molar-refractivity contribution is 0.0998. The maximum Gasteiger partial charge on any atom is 0.291 e. The van der Waals surface area contributed by atoms with E-state index in [2.05, 4.69) is 5.32 Å². The van der Waals surface area contributed by atoms with Crippen LogP contribution in [0.2, 0.25) is 0 Å². The maximum atomic E-state index is 13.3. The van der Waals surface area contributed by atoms with Gasteiger partial charge in [0.15, 0.2) is 5.76 Å². The molecule has 0 aliphatic rings. The molecular formula is C17H14FNO3. The fourth-order valence-electron chi connectivity index (χ4n) is 2.30. The molecule has 0 radical (unpaired) electrons. The molecule has 112 valence electrons. The number of ether oxygens (including phenoxy) is 1. The molecule has 3 rings (SSSR count). The highest BCUT2D eigenvalue weighted by Gasteiger charge is 2.18. The van der Waals surface area contributed by atoms with Gasteiger partial charge in [0.2, 0.25) is 0 Å². The normalized spacial score (nSPS) is 10.7. The van der Waals surface area contributed by atoms with E-state index in [1.165, 1.54) is 18.2 Å². The van der Waals surface area contributed by atoms with Crippen LogP contribution in [0.15, 0.2) is 46.9 Å². The van der Waals surface area contributed by atoms with Crippen LogP contribution in [-0.4, -0.2) is 13.0 Å². The summed E-state index contributed by atoms with van der Waals surface area (Å²) in [5.41, 5.74) is 1.68. The SMILES string of the molecule is COc1cccc(NC(=O)c2oc3ccc(F)cc3c2C)c1. The Morgan fingerprint density at radius 1 is 1.23 bits per heavy atom. The van der Waals surface area contributed by atoms with Crippen molar-refractivity contribution in [1.82, 2.24) is 0 Å². The lowest BCUT2D eigenvalue weighted by atomic mass is 10.1. The molecule has 0 aliphatic heterocycles. The predicted molar refractivity (Wildman–Crippen MR) is 81.9 cm³/mol. The second-order valence-corrected chi connectivity index (χ2v) is 4.88. The lowest BCUT2D eigenvalue weighted by Gasteiger charge is -2.05. The van der Waals surface area contributed by atoms with E-state index in [0.717, 1.165) is 0 Å². The molecule has 0 atom stereocenters. The van der Waals surface area contributed by atoms with Crippen LogP contribution in [0.4, 0.5) is 10.1 Å². The lowest BCUT2D eigenvalue weighted by Crippen LogP contribution is -2.12. The molecule has 0 fully saturated rings. The van der Waals surface area contributed by atoms with Crippen molar-refractivity contribution in [1.29, 1.82) is 0 Å². The minimum absolute atomic E-state index is 0.170. The first-order chi connectivity index (χ1) is 10.6. The Morgan fingerprint density at radius 3 is 2.82 bits per heavy atom. The number of carbonyl (C=O) groups excluding carboxylic acids is 1. The summed E-state index contributed by atoms with van der Waals surface area (Å²) < 4.78 is 23.9. The molecule has 1 amide bonds. The molecule has 22 heavy (non-hydrogen) atoms. The van der Waals surface area contributed by atoms with Gasteiger partial charge in [0, 0.05) is 22.7 Å². The second kappa shape index (κ2) is 5.52. The van der Waals surface area contributed by atoms with Crippen LogP contribution in [-0.2, 0) is 0 Å².